The molecule has 6 atom stereocenters. The van der Waals surface area contributed by atoms with Crippen LogP contribution in [0.1, 0.15) is 39.2 Å². The average Bonchev–Trinajstić information content (AvgIpc) is 3.45. The lowest BCUT2D eigenvalue weighted by Crippen LogP contribution is -2.40. The fraction of sp³-hybridized carbons (Fsp3) is 0.542. The fourth-order valence-corrected chi connectivity index (χ4v) is 5.65. The number of carbonyl (C=O) groups excluding carboxylic acids is 3. The molecule has 2 bridgehead atoms. The third-order valence-corrected chi connectivity index (χ3v) is 7.25. The van der Waals surface area contributed by atoms with E-state index in [2.05, 4.69) is 32.9 Å². The molecule has 0 radical (unpaired) electrons. The summed E-state index contributed by atoms with van der Waals surface area (Å²) in [6, 6.07) is 7.48. The normalized spacial score (nSPS) is 34.2. The van der Waals surface area contributed by atoms with Gasteiger partial charge in [-0.2, -0.15) is 0 Å². The molecule has 5 heteroatoms. The summed E-state index contributed by atoms with van der Waals surface area (Å²) >= 11 is 0. The maximum Gasteiger partial charge on any atom is 0.312 e. The van der Waals surface area contributed by atoms with Crippen LogP contribution in [0, 0.1) is 35.5 Å². The first-order valence-corrected chi connectivity index (χ1v) is 10.6. The SMILES string of the molecule is CC(C)(C)c1ccc(OC(=O)CCN2C(=O)[C@@H]3[C@H]4C=C[C@@H]([C@@H]5C[C@H]45)[C@@H]3C2=O)cc1. The number of benzene rings is 1. The molecule has 1 aromatic carbocycles. The summed E-state index contributed by atoms with van der Waals surface area (Å²) in [7, 11) is 0. The quantitative estimate of drug-likeness (QED) is 0.341. The molecule has 1 aliphatic heterocycles. The predicted molar refractivity (Wildman–Crippen MR) is 107 cm³/mol. The van der Waals surface area contributed by atoms with Gasteiger partial charge in [-0.25, -0.2) is 0 Å². The van der Waals surface area contributed by atoms with Crippen molar-refractivity contribution >= 4 is 17.8 Å². The summed E-state index contributed by atoms with van der Waals surface area (Å²) in [5, 5.41) is 0. The van der Waals surface area contributed by atoms with Gasteiger partial charge in [0.25, 0.3) is 0 Å². The van der Waals surface area contributed by atoms with E-state index in [4.69, 9.17) is 4.74 Å². The molecule has 3 fully saturated rings. The van der Waals surface area contributed by atoms with Crippen molar-refractivity contribution in [3.8, 4) is 5.75 Å². The van der Waals surface area contributed by atoms with Crippen molar-refractivity contribution in [2.24, 2.45) is 35.5 Å². The molecule has 1 heterocycles. The zero-order chi connectivity index (χ0) is 20.5. The maximum atomic E-state index is 12.9. The number of likely N-dealkylation sites (tertiary alicyclic amines) is 1. The van der Waals surface area contributed by atoms with E-state index in [1.54, 1.807) is 12.1 Å². The van der Waals surface area contributed by atoms with E-state index in [0.29, 0.717) is 17.6 Å². The van der Waals surface area contributed by atoms with Gasteiger partial charge in [-0.15, -0.1) is 0 Å². The topological polar surface area (TPSA) is 63.7 Å². The Morgan fingerprint density at radius 3 is 2.07 bits per heavy atom. The van der Waals surface area contributed by atoms with Gasteiger partial charge in [-0.05, 0) is 53.2 Å². The Labute approximate surface area is 171 Å². The van der Waals surface area contributed by atoms with Crippen molar-refractivity contribution in [3.63, 3.8) is 0 Å². The highest BCUT2D eigenvalue weighted by molar-refractivity contribution is 6.06. The number of imide groups is 1. The van der Waals surface area contributed by atoms with Crippen molar-refractivity contribution in [1.82, 2.24) is 4.90 Å². The Bertz CT molecular complexity index is 874. The van der Waals surface area contributed by atoms with Crippen molar-refractivity contribution in [2.45, 2.75) is 39.0 Å². The van der Waals surface area contributed by atoms with Gasteiger partial charge in [0.05, 0.1) is 18.3 Å². The highest BCUT2D eigenvalue weighted by atomic mass is 16.5. The van der Waals surface area contributed by atoms with Crippen molar-refractivity contribution in [3.05, 3.63) is 42.0 Å². The van der Waals surface area contributed by atoms with Gasteiger partial charge in [-0.1, -0.05) is 45.1 Å². The minimum Gasteiger partial charge on any atom is -0.426 e. The van der Waals surface area contributed by atoms with E-state index in [9.17, 15) is 14.4 Å². The average molecular weight is 393 g/mol. The monoisotopic (exact) mass is 393 g/mol. The van der Waals surface area contributed by atoms with Crippen LogP contribution in [0.5, 0.6) is 5.75 Å². The van der Waals surface area contributed by atoms with E-state index < -0.39 is 5.97 Å². The van der Waals surface area contributed by atoms with Gasteiger partial charge in [0, 0.05) is 6.54 Å². The lowest BCUT2D eigenvalue weighted by Gasteiger charge is -2.37. The van der Waals surface area contributed by atoms with Crippen LogP contribution in [0.15, 0.2) is 36.4 Å². The molecule has 6 rings (SSSR count). The largest absolute Gasteiger partial charge is 0.426 e. The van der Waals surface area contributed by atoms with E-state index >= 15 is 0 Å². The Morgan fingerprint density at radius 1 is 1.00 bits per heavy atom. The first-order valence-electron chi connectivity index (χ1n) is 10.6. The van der Waals surface area contributed by atoms with Crippen LogP contribution in [-0.2, 0) is 19.8 Å². The molecule has 29 heavy (non-hydrogen) atoms. The number of esters is 1. The molecule has 1 aromatic rings. The minimum atomic E-state index is -0.423. The van der Waals surface area contributed by atoms with Crippen LogP contribution in [0.2, 0.25) is 0 Å². The van der Waals surface area contributed by atoms with Crippen LogP contribution in [-0.4, -0.2) is 29.2 Å². The third-order valence-electron chi connectivity index (χ3n) is 7.25. The van der Waals surface area contributed by atoms with E-state index in [-0.39, 0.29) is 53.9 Å². The van der Waals surface area contributed by atoms with Gasteiger partial charge in [0.1, 0.15) is 5.75 Å². The highest BCUT2D eigenvalue weighted by Gasteiger charge is 2.66. The Balaban J connectivity index is 1.20. The number of allylic oxidation sites excluding steroid dienone is 2. The molecule has 0 aromatic heterocycles. The van der Waals surface area contributed by atoms with Crippen molar-refractivity contribution in [2.75, 3.05) is 6.54 Å². The standard InChI is InChI=1S/C24H27NO4/c1-24(2,3)13-4-6-14(7-5-13)29-19(26)10-11-25-22(27)20-15-8-9-16(18-12-17(15)18)21(20)23(25)28/h4-9,15-18,20-21H,10-12H2,1-3H3/t15-,16-,17-,18+,20-,21+/m0/s1. The number of nitrogens with zero attached hydrogens (tertiary/aromatic N) is 1. The first kappa shape index (κ1) is 18.6. The second-order valence-electron chi connectivity index (χ2n) is 9.98. The molecule has 0 unspecified atom stereocenters. The molecule has 152 valence electrons. The number of amides is 2. The summed E-state index contributed by atoms with van der Waals surface area (Å²) in [5.41, 5.74) is 1.19. The van der Waals surface area contributed by atoms with E-state index in [1.165, 1.54) is 4.90 Å². The zero-order valence-electron chi connectivity index (χ0n) is 17.1. The number of ether oxygens (including phenoxy) is 1. The molecule has 0 N–H and O–H groups in total. The molecule has 5 aliphatic rings. The van der Waals surface area contributed by atoms with Crippen molar-refractivity contribution < 1.29 is 19.1 Å². The minimum absolute atomic E-state index is 0.0214. The summed E-state index contributed by atoms with van der Waals surface area (Å²) < 4.78 is 5.41. The van der Waals surface area contributed by atoms with Crippen LogP contribution < -0.4 is 4.74 Å². The number of carbonyl (C=O) groups is 3. The number of hydrogen-bond donors (Lipinski definition) is 0. The fourth-order valence-electron chi connectivity index (χ4n) is 5.65. The van der Waals surface area contributed by atoms with E-state index in [1.807, 2.05) is 12.1 Å². The summed E-state index contributed by atoms with van der Waals surface area (Å²) in [6.07, 6.45) is 5.48. The highest BCUT2D eigenvalue weighted by Crippen LogP contribution is 2.65. The number of hydrogen-bond acceptors (Lipinski definition) is 4. The molecular formula is C24H27NO4. The van der Waals surface area contributed by atoms with Crippen LogP contribution in [0.3, 0.4) is 0 Å². The van der Waals surface area contributed by atoms with Crippen LogP contribution in [0.4, 0.5) is 0 Å². The lowest BCUT2D eigenvalue weighted by molar-refractivity contribution is -0.141. The molecule has 4 aliphatic carbocycles. The smallest absolute Gasteiger partial charge is 0.312 e. The van der Waals surface area contributed by atoms with E-state index in [0.717, 1.165) is 12.0 Å². The number of rotatable bonds is 4. The predicted octanol–water partition coefficient (Wildman–Crippen LogP) is 3.33. The molecule has 5 nitrogen and oxygen atoms in total. The molecular weight excluding hydrogens is 366 g/mol. The van der Waals surface area contributed by atoms with Gasteiger partial charge in [-0.3, -0.25) is 19.3 Å². The van der Waals surface area contributed by atoms with Gasteiger partial charge >= 0.3 is 5.97 Å². The Hall–Kier alpha value is -2.43. The Morgan fingerprint density at radius 2 is 1.55 bits per heavy atom. The second-order valence-corrected chi connectivity index (χ2v) is 9.98. The molecule has 2 saturated carbocycles. The molecule has 2 amide bonds. The summed E-state index contributed by atoms with van der Waals surface area (Å²) in [6.45, 7) is 6.49. The van der Waals surface area contributed by atoms with Gasteiger partial charge in [0.2, 0.25) is 11.8 Å². The van der Waals surface area contributed by atoms with Gasteiger partial charge < -0.3 is 4.74 Å². The lowest BCUT2D eigenvalue weighted by atomic mass is 9.63. The Kier molecular flexibility index (Phi) is 4.03. The van der Waals surface area contributed by atoms with Crippen LogP contribution in [0.25, 0.3) is 0 Å². The molecule has 1 saturated heterocycles. The molecule has 0 spiro atoms. The van der Waals surface area contributed by atoms with Crippen LogP contribution >= 0.6 is 0 Å². The van der Waals surface area contributed by atoms with Crippen molar-refractivity contribution in [1.29, 1.82) is 0 Å². The second kappa shape index (κ2) is 6.28. The maximum absolute atomic E-state index is 12.9. The zero-order valence-corrected chi connectivity index (χ0v) is 17.1. The summed E-state index contributed by atoms with van der Waals surface area (Å²) in [4.78, 5) is 39.5. The van der Waals surface area contributed by atoms with Gasteiger partial charge in [0.15, 0.2) is 0 Å². The first-order chi connectivity index (χ1) is 13.8. The summed E-state index contributed by atoms with van der Waals surface area (Å²) in [5.74, 6) is 1.07. The third kappa shape index (κ3) is 2.93.